The molecule has 5 heterocycles. The van der Waals surface area contributed by atoms with E-state index in [1.807, 2.05) is 5.32 Å². The minimum Gasteiger partial charge on any atom is -0.481 e. The number of hydrazine groups is 1. The number of carbonyl (C=O) groups excluding carboxylic acids is 6. The first kappa shape index (κ1) is 89.7. The third-order valence-electron chi connectivity index (χ3n) is 20.5. The molecule has 6 N–H and O–H groups in total. The highest BCUT2D eigenvalue weighted by Gasteiger charge is 2.57. The Hall–Kier alpha value is -9.80. The summed E-state index contributed by atoms with van der Waals surface area (Å²) in [6.45, 7) is 2.18. The molecule has 114 heavy (non-hydrogen) atoms. The summed E-state index contributed by atoms with van der Waals surface area (Å²) in [6.07, 6.45) is -15.0. The number of amides is 3. The number of piperazine rings is 1. The van der Waals surface area contributed by atoms with Crippen LogP contribution in [0, 0.1) is 53.1 Å². The number of halogens is 10. The predicted octanol–water partition coefficient (Wildman–Crippen LogP) is 9.97. The van der Waals surface area contributed by atoms with Gasteiger partial charge in [-0.3, -0.25) is 53.7 Å². The zero-order valence-electron chi connectivity index (χ0n) is 63.6. The second-order valence-electron chi connectivity index (χ2n) is 30.0. The summed E-state index contributed by atoms with van der Waals surface area (Å²) >= 11 is 0. The number of rotatable bonds is 36. The molecule has 0 radical (unpaired) electrons. The number of carboxylic acid groups (broad SMARTS) is 2. The van der Waals surface area contributed by atoms with Crippen molar-refractivity contribution < 1.29 is 130 Å². The number of fused-ring (bicyclic) bond motifs is 2. The first-order chi connectivity index (χ1) is 53.2. The summed E-state index contributed by atoms with van der Waals surface area (Å²) < 4.78 is 192. The molecule has 6 atom stereocenters. The number of anilines is 1. The number of aliphatic carboxylic acids is 2. The molecule has 0 saturated carbocycles. The van der Waals surface area contributed by atoms with E-state index in [1.165, 1.54) is 63.5 Å². The van der Waals surface area contributed by atoms with Crippen LogP contribution in [0.15, 0.2) is 73.2 Å². The lowest BCUT2D eigenvalue weighted by Crippen LogP contribution is -2.62. The lowest BCUT2D eigenvalue weighted by molar-refractivity contribution is -0.231. The quantitative estimate of drug-likeness (QED) is 0.00542. The van der Waals surface area contributed by atoms with Crippen LogP contribution in [0.1, 0.15) is 138 Å². The van der Waals surface area contributed by atoms with Crippen LogP contribution in [0.5, 0.6) is 5.75 Å². The first-order valence-electron chi connectivity index (χ1n) is 36.0. The van der Waals surface area contributed by atoms with Gasteiger partial charge in [0.25, 0.3) is 0 Å². The van der Waals surface area contributed by atoms with Crippen molar-refractivity contribution in [2.75, 3.05) is 65.1 Å². The number of ketones is 1. The number of carboxylic acids is 2. The van der Waals surface area contributed by atoms with Crippen molar-refractivity contribution in [2.24, 2.45) is 22.7 Å². The average molecular weight is 1640 g/mol. The van der Waals surface area contributed by atoms with Gasteiger partial charge in [-0.25, -0.2) is 37.8 Å². The first-order valence-corrected chi connectivity index (χ1v) is 37.5. The number of esters is 2. The van der Waals surface area contributed by atoms with Crippen molar-refractivity contribution in [3.63, 3.8) is 0 Å². The molecule has 8 rings (SSSR count). The monoisotopic (exact) mass is 1640 g/mol. The van der Waals surface area contributed by atoms with E-state index in [9.17, 15) is 62.1 Å². The highest BCUT2D eigenvalue weighted by atomic mass is 31.2. The Labute approximate surface area is 648 Å². The minimum absolute atomic E-state index is 0.134. The topological polar surface area (TPSA) is 361 Å². The Kier molecular flexibility index (Phi) is 29.3. The van der Waals surface area contributed by atoms with Crippen LogP contribution in [-0.2, 0) is 81.9 Å². The lowest BCUT2D eigenvalue weighted by atomic mass is 9.75. The summed E-state index contributed by atoms with van der Waals surface area (Å²) in [4.78, 5) is 145. The van der Waals surface area contributed by atoms with Gasteiger partial charge in [-0.05, 0) is 99.5 Å². The number of phosphoric ester groups is 1. The maximum absolute atomic E-state index is 16.9. The zero-order valence-corrected chi connectivity index (χ0v) is 64.5. The molecule has 3 aromatic carbocycles. The average Bonchev–Trinajstić information content (AvgIpc) is 1.10. The van der Waals surface area contributed by atoms with Gasteiger partial charge in [0, 0.05) is 110 Å². The normalized spacial score (nSPS) is 16.7. The number of Topliss-reactive ketones (excluding diaryl/α,β-unsaturated/α-hetero) is 1. The van der Waals surface area contributed by atoms with Gasteiger partial charge >= 0.3 is 56.7 Å². The number of benzene rings is 3. The molecule has 28 nitrogen and oxygen atoms in total. The Morgan fingerprint density at radius 1 is 0.763 bits per heavy atom. The molecule has 3 aliphatic heterocycles. The van der Waals surface area contributed by atoms with Gasteiger partial charge in [0.05, 0.1) is 93.7 Å². The van der Waals surface area contributed by atoms with Crippen molar-refractivity contribution in [3.05, 3.63) is 124 Å². The van der Waals surface area contributed by atoms with Crippen LogP contribution in [0.3, 0.4) is 0 Å². The summed E-state index contributed by atoms with van der Waals surface area (Å²) in [6, 6.07) is 8.71. The summed E-state index contributed by atoms with van der Waals surface area (Å²) in [7, 11) is -4.09. The highest BCUT2D eigenvalue weighted by Crippen LogP contribution is 2.48. The maximum Gasteiger partial charge on any atom is 0.524 e. The van der Waals surface area contributed by atoms with E-state index in [1.54, 1.807) is 0 Å². The van der Waals surface area contributed by atoms with E-state index < -0.39 is 213 Å². The molecule has 3 amide bonds. The molecule has 0 spiro atoms. The zero-order chi connectivity index (χ0) is 84.3. The molecule has 5 aromatic rings. The van der Waals surface area contributed by atoms with Gasteiger partial charge in [0.2, 0.25) is 17.8 Å². The lowest BCUT2D eigenvalue weighted by Gasteiger charge is -2.47. The van der Waals surface area contributed by atoms with Crippen LogP contribution in [0.25, 0.3) is 11.3 Å². The number of alkyl halides is 8. The number of hydrogen-bond donors (Lipinski definition) is 6. The number of aromatic nitrogens is 4. The smallest absolute Gasteiger partial charge is 0.481 e. The van der Waals surface area contributed by atoms with E-state index in [0.717, 1.165) is 50.3 Å². The maximum atomic E-state index is 16.9. The molecular weight excluding hydrogens is 1550 g/mol. The Morgan fingerprint density at radius 3 is 1.90 bits per heavy atom. The van der Waals surface area contributed by atoms with E-state index >= 15 is 44.7 Å². The SMILES string of the molecule is COC(=O)C[C@H](C(=O)NN(Cc1c(F)cc(-c2ccn(C(F)F)n2)cc1F)C[C@H](OC(=O)CC(C)(C)c1c(CC(=O)N(CCCC(=O)O)CCC(=O)O)cc(C)cc1OP(=O)(O)O)[C@@H](CC(=O)[C@@H](NC(=O)OC)C(C)(C)C(F)(F)F)Cc1ccc(C#Cc2cnc(N3CC4CCC(C3)N4C3COC3)nc2)cc1)C(C)(C)C(F)(F)F. The fourth-order valence-electron chi connectivity index (χ4n) is 14.1. The highest BCUT2D eigenvalue weighted by molar-refractivity contribution is 7.46. The number of alkyl carbamates (subject to hydrolysis) is 1. The summed E-state index contributed by atoms with van der Waals surface area (Å²) in [5.41, 5.74) is -7.67. The molecular formula is C75H89F10N10O18P. The molecule has 2 bridgehead atoms. The fourth-order valence-corrected chi connectivity index (χ4v) is 14.5. The number of phosphoric acid groups is 1. The molecule has 3 aliphatic rings. The molecule has 2 unspecified atom stereocenters. The number of nitrogens with one attached hydrogen (secondary N) is 2. The number of hydrogen-bond acceptors (Lipinski definition) is 20. The summed E-state index contributed by atoms with van der Waals surface area (Å²) in [5, 5.41) is 25.0. The number of methoxy groups -OCH3 is 2. The van der Waals surface area contributed by atoms with Gasteiger partial charge in [0.15, 0.2) is 5.78 Å². The molecule has 622 valence electrons. The second-order valence-corrected chi connectivity index (χ2v) is 31.2. The molecule has 3 fully saturated rings. The Balaban J connectivity index is 1.28. The van der Waals surface area contributed by atoms with Crippen LogP contribution in [0.2, 0.25) is 0 Å². The van der Waals surface area contributed by atoms with Gasteiger partial charge in [0.1, 0.15) is 29.5 Å². The van der Waals surface area contributed by atoms with Gasteiger partial charge in [-0.1, -0.05) is 57.7 Å². The number of aryl methyl sites for hydroxylation is 1. The summed E-state index contributed by atoms with van der Waals surface area (Å²) in [5.74, 6) is -11.3. The van der Waals surface area contributed by atoms with Crippen molar-refractivity contribution in [1.29, 1.82) is 0 Å². The van der Waals surface area contributed by atoms with E-state index in [4.69, 9.17) is 14.0 Å². The molecule has 0 aliphatic carbocycles. The van der Waals surface area contributed by atoms with Crippen LogP contribution in [0.4, 0.5) is 54.6 Å². The van der Waals surface area contributed by atoms with Crippen LogP contribution < -0.4 is 20.2 Å². The van der Waals surface area contributed by atoms with Crippen LogP contribution in [-0.4, -0.2) is 205 Å². The largest absolute Gasteiger partial charge is 0.524 e. The standard InChI is InChI=1S/C75H89F10N10O18P/c1-42-25-48(31-60(97)91(23-21-62(100)101)22-10-11-61(98)99)65(58(26-42)113-114(106,107)108)71(2,3)33-64(103)112-59(39-93(90-67(104)53(32-63(102)109-8)72(4,5)74(80,81)82)38-52-54(76)28-46(29-55(52)77)56-20-24-94(89-56)68(78)79)47(30-57(96)66(88-70(105)110-9)73(6,7)75(83,84)85)27-44-15-12-43(13-16-44)14-17-45-34-86-69(87-35-45)92-36-49-18-19-50(37-92)95(49)51-40-111-41-51/h12-13,15-16,20,24-26,28-29,34-35,47,49-51,53,59,66,68H,10-11,18-19,21-23,27,30-33,36-41H2,1-9H3,(H,88,105)(H,90,104)(H,98,99)(H,100,101)(H2,106,107,108)/t47-,49?,50?,53-,59+,66-/m1/s1. The molecule has 39 heteroatoms. The fraction of sp³-hybridized carbons (Fsp3) is 0.533. The minimum atomic E-state index is -5.64. The Bertz CT molecular complexity index is 4400. The Morgan fingerprint density at radius 2 is 1.37 bits per heavy atom. The van der Waals surface area contributed by atoms with Crippen molar-refractivity contribution >= 4 is 61.3 Å². The number of nitrogens with zero attached hydrogens (tertiary/aromatic N) is 8. The molecule has 3 saturated heterocycles. The predicted molar refractivity (Wildman–Crippen MR) is 384 cm³/mol. The van der Waals surface area contributed by atoms with Crippen molar-refractivity contribution in [3.8, 4) is 28.8 Å². The van der Waals surface area contributed by atoms with Crippen molar-refractivity contribution in [2.45, 2.75) is 174 Å². The van der Waals surface area contributed by atoms with Gasteiger partial charge in [-0.2, -0.15) is 40.2 Å². The van der Waals surface area contributed by atoms with E-state index in [2.05, 4.69) is 51.6 Å². The van der Waals surface area contributed by atoms with Crippen LogP contribution >= 0.6 is 7.82 Å². The second kappa shape index (κ2) is 37.2. The third-order valence-corrected chi connectivity index (χ3v) is 20.9. The van der Waals surface area contributed by atoms with Gasteiger partial charge in [-0.15, -0.1) is 0 Å². The van der Waals surface area contributed by atoms with Gasteiger partial charge < -0.3 is 48.8 Å². The number of carbonyl (C=O) groups is 8. The van der Waals surface area contributed by atoms with Crippen molar-refractivity contribution in [1.82, 2.24) is 45.3 Å². The third kappa shape index (κ3) is 23.2. The number of ether oxygens (including phenoxy) is 4. The van der Waals surface area contributed by atoms with E-state index in [-0.39, 0.29) is 39.9 Å². The van der Waals surface area contributed by atoms with E-state index in [0.29, 0.717) is 106 Å². The molecule has 2 aromatic heterocycles.